The summed E-state index contributed by atoms with van der Waals surface area (Å²) in [4.78, 5) is 12.6. The molecule has 1 aromatic carbocycles. The van der Waals surface area contributed by atoms with Gasteiger partial charge in [-0.25, -0.2) is 4.39 Å². The van der Waals surface area contributed by atoms with Crippen LogP contribution in [0.15, 0.2) is 30.5 Å². The summed E-state index contributed by atoms with van der Waals surface area (Å²) in [5.41, 5.74) is 3.90. The average molecular weight is 368 g/mol. The molecule has 1 fully saturated rings. The van der Waals surface area contributed by atoms with E-state index in [9.17, 15) is 9.18 Å². The molecule has 4 heteroatoms. The van der Waals surface area contributed by atoms with Crippen molar-refractivity contribution in [1.29, 1.82) is 0 Å². The van der Waals surface area contributed by atoms with Gasteiger partial charge in [-0.15, -0.1) is 0 Å². The number of aromatic nitrogens is 1. The molecule has 0 spiro atoms. The van der Waals surface area contributed by atoms with Crippen LogP contribution in [0.4, 0.5) is 4.39 Å². The van der Waals surface area contributed by atoms with Gasteiger partial charge in [0.2, 0.25) is 0 Å². The molecule has 1 saturated carbocycles. The van der Waals surface area contributed by atoms with Crippen molar-refractivity contribution in [3.8, 4) is 0 Å². The van der Waals surface area contributed by atoms with Gasteiger partial charge in [-0.1, -0.05) is 31.4 Å². The number of benzene rings is 1. The molecule has 27 heavy (non-hydrogen) atoms. The molecule has 0 bridgehead atoms. The van der Waals surface area contributed by atoms with Gasteiger partial charge in [0.25, 0.3) is 5.91 Å². The van der Waals surface area contributed by atoms with Crippen LogP contribution < -0.4 is 5.32 Å². The fourth-order valence-corrected chi connectivity index (χ4v) is 4.64. The highest BCUT2D eigenvalue weighted by atomic mass is 19.1. The number of rotatable bonds is 4. The minimum absolute atomic E-state index is 0.0525. The van der Waals surface area contributed by atoms with Crippen molar-refractivity contribution < 1.29 is 9.18 Å². The Morgan fingerprint density at radius 1 is 1.19 bits per heavy atom. The number of carbonyl (C=O) groups is 1. The molecule has 1 aliphatic carbocycles. The Hall–Kier alpha value is -2.10. The van der Waals surface area contributed by atoms with Crippen molar-refractivity contribution in [3.05, 3.63) is 58.7 Å². The SMILES string of the molecule is Cc1cc(C2CCc3cc(C(=O)NCC4CCCCC4)cn3C2)ccc1F. The van der Waals surface area contributed by atoms with E-state index in [2.05, 4.69) is 9.88 Å². The molecule has 1 unspecified atom stereocenters. The average Bonchev–Trinajstić information content (AvgIpc) is 3.12. The zero-order valence-electron chi connectivity index (χ0n) is 16.1. The van der Waals surface area contributed by atoms with Crippen molar-refractivity contribution in [1.82, 2.24) is 9.88 Å². The Morgan fingerprint density at radius 2 is 2.00 bits per heavy atom. The molecule has 1 amide bonds. The first-order valence-electron chi connectivity index (χ1n) is 10.3. The molecule has 0 saturated heterocycles. The third-order valence-electron chi connectivity index (χ3n) is 6.34. The number of hydrogen-bond acceptors (Lipinski definition) is 1. The highest BCUT2D eigenvalue weighted by Gasteiger charge is 2.23. The minimum Gasteiger partial charge on any atom is -0.352 e. The van der Waals surface area contributed by atoms with Gasteiger partial charge in [-0.2, -0.15) is 0 Å². The standard InChI is InChI=1S/C23H29FN2O/c1-16-11-18(8-10-22(16)24)19-7-9-21-12-20(15-26(21)14-19)23(27)25-13-17-5-3-2-4-6-17/h8,10-12,15,17,19H,2-7,9,13-14H2,1H3,(H,25,27). The predicted molar refractivity (Wildman–Crippen MR) is 106 cm³/mol. The Bertz CT molecular complexity index is 820. The molecule has 1 N–H and O–H groups in total. The van der Waals surface area contributed by atoms with E-state index < -0.39 is 0 Å². The number of amides is 1. The summed E-state index contributed by atoms with van der Waals surface area (Å²) < 4.78 is 15.8. The van der Waals surface area contributed by atoms with E-state index in [-0.39, 0.29) is 11.7 Å². The van der Waals surface area contributed by atoms with Crippen LogP contribution in [0.25, 0.3) is 0 Å². The second-order valence-electron chi connectivity index (χ2n) is 8.33. The molecule has 3 nitrogen and oxygen atoms in total. The third-order valence-corrected chi connectivity index (χ3v) is 6.34. The quantitative estimate of drug-likeness (QED) is 0.812. The van der Waals surface area contributed by atoms with Gasteiger partial charge in [0.1, 0.15) is 5.82 Å². The third kappa shape index (κ3) is 4.10. The van der Waals surface area contributed by atoms with Crippen LogP contribution in [-0.2, 0) is 13.0 Å². The number of nitrogens with zero attached hydrogens (tertiary/aromatic N) is 1. The van der Waals surface area contributed by atoms with Crippen LogP contribution >= 0.6 is 0 Å². The minimum atomic E-state index is -0.145. The van der Waals surface area contributed by atoms with Crippen molar-refractivity contribution in [2.45, 2.75) is 64.3 Å². The predicted octanol–water partition coefficient (Wildman–Crippen LogP) is 4.98. The molecule has 4 rings (SSSR count). The molecule has 2 heterocycles. The van der Waals surface area contributed by atoms with Crippen molar-refractivity contribution in [2.75, 3.05) is 6.54 Å². The van der Waals surface area contributed by atoms with E-state index in [0.717, 1.165) is 31.5 Å². The maximum absolute atomic E-state index is 13.6. The van der Waals surface area contributed by atoms with Crippen molar-refractivity contribution in [3.63, 3.8) is 0 Å². The molecule has 1 aliphatic heterocycles. The molecule has 1 aromatic heterocycles. The van der Waals surface area contributed by atoms with E-state index in [1.807, 2.05) is 31.3 Å². The highest BCUT2D eigenvalue weighted by molar-refractivity contribution is 5.94. The van der Waals surface area contributed by atoms with Gasteiger partial charge in [-0.05, 0) is 61.8 Å². The highest BCUT2D eigenvalue weighted by Crippen LogP contribution is 2.31. The smallest absolute Gasteiger partial charge is 0.252 e. The zero-order chi connectivity index (χ0) is 18.8. The Balaban J connectivity index is 1.40. The Morgan fingerprint density at radius 3 is 2.78 bits per heavy atom. The summed E-state index contributed by atoms with van der Waals surface area (Å²) in [7, 11) is 0. The Kier molecular flexibility index (Phi) is 5.33. The molecule has 0 radical (unpaired) electrons. The lowest BCUT2D eigenvalue weighted by atomic mass is 9.89. The van der Waals surface area contributed by atoms with Gasteiger partial charge in [-0.3, -0.25) is 4.79 Å². The molecular formula is C23H29FN2O. The first-order chi connectivity index (χ1) is 13.1. The molecule has 144 valence electrons. The maximum atomic E-state index is 13.6. The van der Waals surface area contributed by atoms with Gasteiger partial charge in [0, 0.05) is 30.9 Å². The zero-order valence-corrected chi connectivity index (χ0v) is 16.1. The fourth-order valence-electron chi connectivity index (χ4n) is 4.64. The van der Waals surface area contributed by atoms with Crippen LogP contribution in [0.3, 0.4) is 0 Å². The van der Waals surface area contributed by atoms with Crippen LogP contribution in [-0.4, -0.2) is 17.0 Å². The summed E-state index contributed by atoms with van der Waals surface area (Å²) in [5.74, 6) is 0.929. The topological polar surface area (TPSA) is 34.0 Å². The maximum Gasteiger partial charge on any atom is 0.252 e. The lowest BCUT2D eigenvalue weighted by molar-refractivity contribution is 0.0943. The number of aryl methyl sites for hydroxylation is 2. The number of nitrogens with one attached hydrogen (secondary N) is 1. The van der Waals surface area contributed by atoms with Crippen LogP contribution in [0, 0.1) is 18.7 Å². The van der Waals surface area contributed by atoms with E-state index >= 15 is 0 Å². The van der Waals surface area contributed by atoms with E-state index in [4.69, 9.17) is 0 Å². The lowest BCUT2D eigenvalue weighted by Gasteiger charge is -2.25. The molecule has 2 aromatic rings. The first-order valence-corrected chi connectivity index (χ1v) is 10.3. The van der Waals surface area contributed by atoms with Gasteiger partial charge >= 0.3 is 0 Å². The van der Waals surface area contributed by atoms with E-state index in [1.54, 1.807) is 6.07 Å². The van der Waals surface area contributed by atoms with Crippen molar-refractivity contribution >= 4 is 5.91 Å². The van der Waals surface area contributed by atoms with Crippen LogP contribution in [0.1, 0.15) is 71.6 Å². The summed E-state index contributed by atoms with van der Waals surface area (Å²) in [5, 5.41) is 3.14. The number of carbonyl (C=O) groups excluding carboxylic acids is 1. The second kappa shape index (κ2) is 7.87. The number of fused-ring (bicyclic) bond motifs is 1. The first kappa shape index (κ1) is 18.3. The largest absolute Gasteiger partial charge is 0.352 e. The summed E-state index contributed by atoms with van der Waals surface area (Å²) in [6, 6.07) is 7.48. The molecular weight excluding hydrogens is 339 g/mol. The number of halogens is 1. The van der Waals surface area contributed by atoms with Gasteiger partial charge in [0.15, 0.2) is 0 Å². The summed E-state index contributed by atoms with van der Waals surface area (Å²) in [6.07, 6.45) is 10.4. The fraction of sp³-hybridized carbons (Fsp3) is 0.522. The van der Waals surface area contributed by atoms with E-state index in [0.29, 0.717) is 17.4 Å². The van der Waals surface area contributed by atoms with Gasteiger partial charge < -0.3 is 9.88 Å². The van der Waals surface area contributed by atoms with Gasteiger partial charge in [0.05, 0.1) is 5.56 Å². The van der Waals surface area contributed by atoms with Crippen LogP contribution in [0.2, 0.25) is 0 Å². The summed E-state index contributed by atoms with van der Waals surface area (Å²) >= 11 is 0. The Labute approximate surface area is 161 Å². The lowest BCUT2D eigenvalue weighted by Crippen LogP contribution is -2.30. The normalized spacial score (nSPS) is 20.3. The summed E-state index contributed by atoms with van der Waals surface area (Å²) in [6.45, 7) is 3.48. The number of hydrogen-bond donors (Lipinski definition) is 1. The second-order valence-corrected chi connectivity index (χ2v) is 8.33. The molecule has 2 aliphatic rings. The monoisotopic (exact) mass is 368 g/mol. The van der Waals surface area contributed by atoms with Crippen LogP contribution in [0.5, 0.6) is 0 Å². The van der Waals surface area contributed by atoms with Crippen molar-refractivity contribution in [2.24, 2.45) is 5.92 Å². The molecule has 1 atom stereocenters. The van der Waals surface area contributed by atoms with E-state index in [1.165, 1.54) is 43.4 Å².